The molecule has 0 spiro atoms. The summed E-state index contributed by atoms with van der Waals surface area (Å²) in [6, 6.07) is 10.6. The molecular weight excluding hydrogens is 448 g/mol. The zero-order valence-electron chi connectivity index (χ0n) is 18.2. The Kier molecular flexibility index (Phi) is 9.16. The smallest absolute Gasteiger partial charge is 0.275 e. The minimum Gasteiger partial charge on any atom is -0.370 e. The quantitative estimate of drug-likeness (QED) is 0.142. The van der Waals surface area contributed by atoms with E-state index in [9.17, 15) is 22.8 Å². The summed E-state index contributed by atoms with van der Waals surface area (Å²) in [4.78, 5) is 40.3. The van der Waals surface area contributed by atoms with Gasteiger partial charge in [0.05, 0.1) is 11.8 Å². The molecule has 2 aromatic rings. The summed E-state index contributed by atoms with van der Waals surface area (Å²) < 4.78 is 28.4. The van der Waals surface area contributed by atoms with Crippen LogP contribution in [0.15, 0.2) is 52.3 Å². The lowest BCUT2D eigenvalue weighted by molar-refractivity contribution is -0.124. The van der Waals surface area contributed by atoms with Gasteiger partial charge in [-0.1, -0.05) is 30.3 Å². The second-order valence-electron chi connectivity index (χ2n) is 7.39. The number of carbonyl (C=O) groups is 2. The largest absolute Gasteiger partial charge is 0.370 e. The molecule has 0 saturated heterocycles. The number of carbonyl (C=O) groups excluding carboxylic acids is 2. The molecule has 0 fully saturated rings. The van der Waals surface area contributed by atoms with Gasteiger partial charge in [-0.3, -0.25) is 19.3 Å². The second kappa shape index (κ2) is 11.8. The number of hydrogen-bond acceptors (Lipinski definition) is 6. The molecule has 0 aliphatic rings. The standard InChI is InChI=1S/C21H28N6O5S/c1-15-9-10-18(26-33(31,32)14-16-6-3-2-4-7-16)20(30)27(15)12-19(29)25-17(13-28)8-5-11-24-21(22)23/h2-4,6-7,9-10,13,17,26H,5,8,11-12,14H2,1H3,(H,25,29)(H4,22,23,24). The van der Waals surface area contributed by atoms with Crippen LogP contribution >= 0.6 is 0 Å². The predicted octanol–water partition coefficient (Wildman–Crippen LogP) is -0.164. The molecular formula is C21H28N6O5S. The summed E-state index contributed by atoms with van der Waals surface area (Å²) in [6.07, 6.45) is 1.38. The molecule has 6 N–H and O–H groups in total. The van der Waals surface area contributed by atoms with Crippen molar-refractivity contribution in [1.29, 1.82) is 0 Å². The molecule has 33 heavy (non-hydrogen) atoms. The first-order chi connectivity index (χ1) is 15.6. The lowest BCUT2D eigenvalue weighted by atomic mass is 10.2. The number of hydrogen-bond donors (Lipinski definition) is 4. The highest BCUT2D eigenvalue weighted by molar-refractivity contribution is 7.91. The Morgan fingerprint density at radius 2 is 1.88 bits per heavy atom. The molecule has 1 aromatic carbocycles. The molecule has 11 nitrogen and oxygen atoms in total. The summed E-state index contributed by atoms with van der Waals surface area (Å²) >= 11 is 0. The van der Waals surface area contributed by atoms with E-state index in [1.165, 1.54) is 12.1 Å². The van der Waals surface area contributed by atoms with Gasteiger partial charge in [-0.25, -0.2) is 8.42 Å². The summed E-state index contributed by atoms with van der Waals surface area (Å²) in [7, 11) is -3.85. The van der Waals surface area contributed by atoms with E-state index in [1.807, 2.05) is 0 Å². The fourth-order valence-electron chi connectivity index (χ4n) is 3.03. The molecule has 0 radical (unpaired) electrons. The highest BCUT2D eigenvalue weighted by atomic mass is 32.2. The number of aryl methyl sites for hydroxylation is 1. The van der Waals surface area contributed by atoms with Crippen LogP contribution in [0.25, 0.3) is 0 Å². The third-order valence-electron chi connectivity index (χ3n) is 4.64. The number of sulfonamides is 1. The second-order valence-corrected chi connectivity index (χ2v) is 9.11. The Hall–Kier alpha value is -3.67. The number of aromatic nitrogens is 1. The molecule has 0 bridgehead atoms. The van der Waals surface area contributed by atoms with E-state index in [0.29, 0.717) is 36.9 Å². The third-order valence-corrected chi connectivity index (χ3v) is 5.88. The van der Waals surface area contributed by atoms with Gasteiger partial charge < -0.3 is 26.1 Å². The Labute approximate surface area is 191 Å². The summed E-state index contributed by atoms with van der Waals surface area (Å²) in [5.41, 5.74) is 10.7. The van der Waals surface area contributed by atoms with Gasteiger partial charge in [-0.15, -0.1) is 0 Å². The Morgan fingerprint density at radius 3 is 2.52 bits per heavy atom. The molecule has 1 aromatic heterocycles. The molecule has 0 saturated carbocycles. The van der Waals surface area contributed by atoms with Crippen LogP contribution in [0.4, 0.5) is 5.69 Å². The van der Waals surface area contributed by atoms with Gasteiger partial charge >= 0.3 is 0 Å². The maximum Gasteiger partial charge on any atom is 0.275 e. The van der Waals surface area contributed by atoms with Gasteiger partial charge in [0.25, 0.3) is 5.56 Å². The van der Waals surface area contributed by atoms with Gasteiger partial charge in [0, 0.05) is 12.2 Å². The lowest BCUT2D eigenvalue weighted by Crippen LogP contribution is -2.40. The van der Waals surface area contributed by atoms with E-state index in [0.717, 1.165) is 4.57 Å². The first-order valence-corrected chi connectivity index (χ1v) is 11.8. The number of anilines is 1. The molecule has 0 aliphatic heterocycles. The van der Waals surface area contributed by atoms with Crippen molar-refractivity contribution >= 4 is 33.9 Å². The lowest BCUT2D eigenvalue weighted by Gasteiger charge is -2.16. The van der Waals surface area contributed by atoms with Crippen LogP contribution in [0, 0.1) is 6.92 Å². The average Bonchev–Trinajstić information content (AvgIpc) is 2.75. The number of amides is 1. The third kappa shape index (κ3) is 8.41. The minimum absolute atomic E-state index is 0.0594. The number of aldehydes is 1. The number of aliphatic imine (C=N–C) groups is 1. The topological polar surface area (TPSA) is 179 Å². The molecule has 1 amide bonds. The molecule has 2 rings (SSSR count). The van der Waals surface area contributed by atoms with E-state index < -0.39 is 27.5 Å². The van der Waals surface area contributed by atoms with Gasteiger partial charge in [-0.2, -0.15) is 0 Å². The van der Waals surface area contributed by atoms with Gasteiger partial charge in [-0.05, 0) is 37.5 Å². The maximum absolute atomic E-state index is 12.8. The van der Waals surface area contributed by atoms with Crippen LogP contribution in [0.1, 0.15) is 24.1 Å². The highest BCUT2D eigenvalue weighted by Gasteiger charge is 2.18. The zero-order valence-corrected chi connectivity index (χ0v) is 19.0. The normalized spacial score (nSPS) is 11.9. The fraction of sp³-hybridized carbons (Fsp3) is 0.333. The van der Waals surface area contributed by atoms with Crippen LogP contribution in [0.3, 0.4) is 0 Å². The summed E-state index contributed by atoms with van der Waals surface area (Å²) in [5.74, 6) is -0.929. The number of guanidine groups is 1. The minimum atomic E-state index is -3.85. The molecule has 0 aliphatic carbocycles. The average molecular weight is 477 g/mol. The molecule has 1 heterocycles. The van der Waals surface area contributed by atoms with Crippen molar-refractivity contribution in [2.24, 2.45) is 16.5 Å². The predicted molar refractivity (Wildman–Crippen MR) is 126 cm³/mol. The van der Waals surface area contributed by atoms with Gasteiger partial charge in [0.15, 0.2) is 5.96 Å². The summed E-state index contributed by atoms with van der Waals surface area (Å²) in [5, 5.41) is 2.54. The van der Waals surface area contributed by atoms with Gasteiger partial charge in [0.2, 0.25) is 15.9 Å². The van der Waals surface area contributed by atoms with Crippen LogP contribution < -0.4 is 27.1 Å². The molecule has 1 atom stereocenters. The van der Waals surface area contributed by atoms with E-state index in [1.54, 1.807) is 37.3 Å². The van der Waals surface area contributed by atoms with Crippen LogP contribution in [0.5, 0.6) is 0 Å². The Morgan fingerprint density at radius 1 is 1.18 bits per heavy atom. The van der Waals surface area contributed by atoms with E-state index in [-0.39, 0.29) is 23.9 Å². The van der Waals surface area contributed by atoms with Crippen LogP contribution in [-0.2, 0) is 31.9 Å². The van der Waals surface area contributed by atoms with Gasteiger partial charge in [0.1, 0.15) is 18.5 Å². The zero-order chi connectivity index (χ0) is 24.4. The number of nitrogens with one attached hydrogen (secondary N) is 2. The van der Waals surface area contributed by atoms with E-state index in [2.05, 4.69) is 15.0 Å². The van der Waals surface area contributed by atoms with Crippen molar-refractivity contribution in [3.05, 3.63) is 64.1 Å². The van der Waals surface area contributed by atoms with Crippen molar-refractivity contribution in [3.8, 4) is 0 Å². The van der Waals surface area contributed by atoms with E-state index >= 15 is 0 Å². The number of pyridine rings is 1. The Bertz CT molecular complexity index is 1160. The van der Waals surface area contributed by atoms with Crippen LogP contribution in [0.2, 0.25) is 0 Å². The molecule has 12 heteroatoms. The maximum atomic E-state index is 12.8. The molecule has 178 valence electrons. The Balaban J connectivity index is 2.07. The van der Waals surface area contributed by atoms with Crippen LogP contribution in [-0.4, -0.2) is 43.7 Å². The monoisotopic (exact) mass is 476 g/mol. The van der Waals surface area contributed by atoms with Crippen molar-refractivity contribution in [1.82, 2.24) is 9.88 Å². The summed E-state index contributed by atoms with van der Waals surface area (Å²) in [6.45, 7) is 1.55. The number of nitrogens with zero attached hydrogens (tertiary/aromatic N) is 2. The van der Waals surface area contributed by atoms with E-state index in [4.69, 9.17) is 11.5 Å². The number of nitrogens with two attached hydrogens (primary N) is 2. The SMILES string of the molecule is Cc1ccc(NS(=O)(=O)Cc2ccccc2)c(=O)n1CC(=O)NC(C=O)CCCN=C(N)N. The molecule has 1 unspecified atom stereocenters. The highest BCUT2D eigenvalue weighted by Crippen LogP contribution is 2.10. The number of rotatable bonds is 12. The first kappa shape index (κ1) is 25.6. The number of benzene rings is 1. The van der Waals surface area contributed by atoms with Crippen molar-refractivity contribution in [2.75, 3.05) is 11.3 Å². The first-order valence-electron chi connectivity index (χ1n) is 10.2. The van der Waals surface area contributed by atoms with Crippen molar-refractivity contribution in [2.45, 2.75) is 38.1 Å². The van der Waals surface area contributed by atoms with Crippen molar-refractivity contribution < 1.29 is 18.0 Å². The van der Waals surface area contributed by atoms with Crippen molar-refractivity contribution in [3.63, 3.8) is 0 Å². The fourth-order valence-corrected chi connectivity index (χ4v) is 4.23.